The van der Waals surface area contributed by atoms with E-state index in [-0.39, 0.29) is 22.0 Å². The molecule has 1 aromatic carbocycles. The molecule has 0 saturated heterocycles. The van der Waals surface area contributed by atoms with Crippen LogP contribution in [0.4, 0.5) is 0 Å². The highest BCUT2D eigenvalue weighted by molar-refractivity contribution is 8.13. The van der Waals surface area contributed by atoms with Crippen LogP contribution in [0.5, 0.6) is 5.75 Å². The van der Waals surface area contributed by atoms with E-state index in [0.29, 0.717) is 6.61 Å². The number of carbonyl (C=O) groups excluding carboxylic acids is 1. The Morgan fingerprint density at radius 1 is 1.44 bits per heavy atom. The summed E-state index contributed by atoms with van der Waals surface area (Å²) in [6, 6.07) is 4.14. The number of ether oxygens (including phenoxy) is 1. The molecule has 0 aliphatic heterocycles. The van der Waals surface area contributed by atoms with Gasteiger partial charge in [0.25, 0.3) is 9.05 Å². The molecule has 0 fully saturated rings. The molecule has 1 aromatic rings. The van der Waals surface area contributed by atoms with Crippen LogP contribution in [0.2, 0.25) is 0 Å². The summed E-state index contributed by atoms with van der Waals surface area (Å²) < 4.78 is 27.7. The number of benzene rings is 1. The molecule has 0 atom stereocenters. The zero-order valence-corrected chi connectivity index (χ0v) is 10.4. The minimum absolute atomic E-state index is 0.155. The number of carbonyl (C=O) groups is 1. The van der Waals surface area contributed by atoms with Crippen molar-refractivity contribution in [1.29, 1.82) is 0 Å². The smallest absolute Gasteiger partial charge is 0.265 e. The van der Waals surface area contributed by atoms with Crippen molar-refractivity contribution in [3.05, 3.63) is 23.8 Å². The molecule has 4 nitrogen and oxygen atoms in total. The molecule has 0 aromatic heterocycles. The molecule has 0 bridgehead atoms. The Hall–Kier alpha value is -1.07. The summed E-state index contributed by atoms with van der Waals surface area (Å²) in [6.45, 7) is 3.39. The maximum Gasteiger partial charge on any atom is 0.265 e. The summed E-state index contributed by atoms with van der Waals surface area (Å²) in [4.78, 5) is 10.9. The molecule has 1 rings (SSSR count). The fourth-order valence-corrected chi connectivity index (χ4v) is 2.19. The quantitative estimate of drug-likeness (QED) is 0.617. The maximum absolute atomic E-state index is 11.3. The van der Waals surface area contributed by atoms with Crippen molar-refractivity contribution in [3.63, 3.8) is 0 Å². The van der Waals surface area contributed by atoms with E-state index >= 15 is 0 Å². The van der Waals surface area contributed by atoms with Crippen molar-refractivity contribution in [2.24, 2.45) is 0 Å². The van der Waals surface area contributed by atoms with Gasteiger partial charge in [-0.05, 0) is 32.0 Å². The largest absolute Gasteiger partial charge is 0.492 e. The standard InChI is InChI=1S/C10H11ClO4S/c1-3-15-9-5-4-8(7(2)12)6-10(9)16(11,13)14/h4-6H,3H2,1-2H3. The molecular formula is C10H11ClO4S. The van der Waals surface area contributed by atoms with Crippen LogP contribution in [0.25, 0.3) is 0 Å². The molecule has 0 spiro atoms. The first-order valence-electron chi connectivity index (χ1n) is 4.58. The van der Waals surface area contributed by atoms with E-state index in [9.17, 15) is 13.2 Å². The molecule has 6 heteroatoms. The first kappa shape index (κ1) is 13.0. The van der Waals surface area contributed by atoms with Crippen molar-refractivity contribution in [3.8, 4) is 5.75 Å². The van der Waals surface area contributed by atoms with Crippen LogP contribution in [0.3, 0.4) is 0 Å². The summed E-state index contributed by atoms with van der Waals surface area (Å²) in [7, 11) is 1.34. The fourth-order valence-electron chi connectivity index (χ4n) is 1.19. The predicted molar refractivity (Wildman–Crippen MR) is 60.7 cm³/mol. The number of hydrogen-bond acceptors (Lipinski definition) is 4. The highest BCUT2D eigenvalue weighted by atomic mass is 35.7. The summed E-state index contributed by atoms with van der Waals surface area (Å²) in [6.07, 6.45) is 0. The van der Waals surface area contributed by atoms with Gasteiger partial charge in [-0.15, -0.1) is 0 Å². The van der Waals surface area contributed by atoms with Gasteiger partial charge in [-0.2, -0.15) is 0 Å². The Bertz CT molecular complexity index is 508. The van der Waals surface area contributed by atoms with Crippen molar-refractivity contribution in [2.75, 3.05) is 6.61 Å². The van der Waals surface area contributed by atoms with Crippen molar-refractivity contribution >= 4 is 25.5 Å². The lowest BCUT2D eigenvalue weighted by Crippen LogP contribution is -2.02. The van der Waals surface area contributed by atoms with Gasteiger partial charge in [0.05, 0.1) is 6.61 Å². The number of Topliss-reactive ketones (excluding diaryl/α,β-unsaturated/α-hetero) is 1. The Balaban J connectivity index is 3.39. The zero-order chi connectivity index (χ0) is 12.3. The second kappa shape index (κ2) is 4.84. The van der Waals surface area contributed by atoms with Gasteiger partial charge >= 0.3 is 0 Å². The first-order chi connectivity index (χ1) is 7.36. The minimum atomic E-state index is -3.92. The number of halogens is 1. The molecule has 0 N–H and O–H groups in total. The van der Waals surface area contributed by atoms with E-state index in [4.69, 9.17) is 15.4 Å². The Morgan fingerprint density at radius 3 is 2.50 bits per heavy atom. The summed E-state index contributed by atoms with van der Waals surface area (Å²) in [5.74, 6) is -0.0767. The zero-order valence-electron chi connectivity index (χ0n) is 8.86. The van der Waals surface area contributed by atoms with E-state index in [1.165, 1.54) is 25.1 Å². The monoisotopic (exact) mass is 262 g/mol. The second-order valence-corrected chi connectivity index (χ2v) is 5.62. The van der Waals surface area contributed by atoms with Crippen LogP contribution < -0.4 is 4.74 Å². The van der Waals surface area contributed by atoms with Gasteiger partial charge in [-0.1, -0.05) is 0 Å². The Kier molecular flexibility index (Phi) is 3.93. The molecule has 0 unspecified atom stereocenters. The molecule has 0 amide bonds. The lowest BCUT2D eigenvalue weighted by Gasteiger charge is -2.08. The number of rotatable bonds is 4. The lowest BCUT2D eigenvalue weighted by atomic mass is 10.1. The second-order valence-electron chi connectivity index (χ2n) is 3.09. The molecule has 0 heterocycles. The Morgan fingerprint density at radius 2 is 2.06 bits per heavy atom. The van der Waals surface area contributed by atoms with Crippen molar-refractivity contribution < 1.29 is 17.9 Å². The summed E-state index contributed by atoms with van der Waals surface area (Å²) >= 11 is 0. The van der Waals surface area contributed by atoms with E-state index in [2.05, 4.69) is 0 Å². The van der Waals surface area contributed by atoms with Crippen LogP contribution in [-0.4, -0.2) is 20.8 Å². The first-order valence-corrected chi connectivity index (χ1v) is 6.89. The highest BCUT2D eigenvalue weighted by Crippen LogP contribution is 2.28. The normalized spacial score (nSPS) is 11.2. The third-order valence-electron chi connectivity index (χ3n) is 1.91. The Labute approximate surface area is 98.6 Å². The van der Waals surface area contributed by atoms with Gasteiger partial charge in [-0.25, -0.2) is 8.42 Å². The lowest BCUT2D eigenvalue weighted by molar-refractivity contribution is 0.101. The van der Waals surface area contributed by atoms with Gasteiger partial charge in [0.2, 0.25) is 0 Å². The topological polar surface area (TPSA) is 60.4 Å². The fraction of sp³-hybridized carbons (Fsp3) is 0.300. The van der Waals surface area contributed by atoms with E-state index in [1.807, 2.05) is 0 Å². The van der Waals surface area contributed by atoms with E-state index in [0.717, 1.165) is 0 Å². The molecular weight excluding hydrogens is 252 g/mol. The molecule has 88 valence electrons. The van der Waals surface area contributed by atoms with Crippen LogP contribution in [-0.2, 0) is 9.05 Å². The highest BCUT2D eigenvalue weighted by Gasteiger charge is 2.18. The molecule has 0 radical (unpaired) electrons. The number of ketones is 1. The van der Waals surface area contributed by atoms with Crippen LogP contribution >= 0.6 is 10.7 Å². The van der Waals surface area contributed by atoms with Gasteiger partial charge in [0.1, 0.15) is 10.6 Å². The molecule has 16 heavy (non-hydrogen) atoms. The SMILES string of the molecule is CCOc1ccc(C(C)=O)cc1S(=O)(=O)Cl. The van der Waals surface area contributed by atoms with E-state index < -0.39 is 9.05 Å². The molecule has 0 aliphatic rings. The average molecular weight is 263 g/mol. The molecule has 0 saturated carbocycles. The van der Waals surface area contributed by atoms with Crippen LogP contribution in [0, 0.1) is 0 Å². The number of hydrogen-bond donors (Lipinski definition) is 0. The maximum atomic E-state index is 11.3. The van der Waals surface area contributed by atoms with E-state index in [1.54, 1.807) is 6.92 Å². The van der Waals surface area contributed by atoms with Crippen LogP contribution in [0.15, 0.2) is 23.1 Å². The minimum Gasteiger partial charge on any atom is -0.492 e. The van der Waals surface area contributed by atoms with Crippen molar-refractivity contribution in [2.45, 2.75) is 18.7 Å². The van der Waals surface area contributed by atoms with Gasteiger partial charge in [0, 0.05) is 16.2 Å². The summed E-state index contributed by atoms with van der Waals surface area (Å²) in [5.41, 5.74) is 0.280. The van der Waals surface area contributed by atoms with Crippen LogP contribution in [0.1, 0.15) is 24.2 Å². The van der Waals surface area contributed by atoms with Gasteiger partial charge in [-0.3, -0.25) is 4.79 Å². The third-order valence-corrected chi connectivity index (χ3v) is 3.26. The predicted octanol–water partition coefficient (Wildman–Crippen LogP) is 2.22. The average Bonchev–Trinajstić information content (AvgIpc) is 2.16. The molecule has 0 aliphatic carbocycles. The summed E-state index contributed by atoms with van der Waals surface area (Å²) in [5, 5.41) is 0. The van der Waals surface area contributed by atoms with Crippen molar-refractivity contribution in [1.82, 2.24) is 0 Å². The van der Waals surface area contributed by atoms with Gasteiger partial charge < -0.3 is 4.74 Å². The third kappa shape index (κ3) is 2.96. The van der Waals surface area contributed by atoms with Gasteiger partial charge in [0.15, 0.2) is 5.78 Å².